The molecular weight excluding hydrogens is 284 g/mol. The Morgan fingerprint density at radius 2 is 1.77 bits per heavy atom. The Labute approximate surface area is 129 Å². The van der Waals surface area contributed by atoms with Gasteiger partial charge in [-0.2, -0.15) is 9.97 Å². The Morgan fingerprint density at radius 1 is 1.14 bits per heavy atom. The summed E-state index contributed by atoms with van der Waals surface area (Å²) in [6.07, 6.45) is 0.926. The van der Waals surface area contributed by atoms with Gasteiger partial charge in [-0.05, 0) is 34.1 Å². The van der Waals surface area contributed by atoms with Gasteiger partial charge in [0.05, 0.1) is 29.9 Å². The molecule has 2 heterocycles. The maximum absolute atomic E-state index is 12.1. The van der Waals surface area contributed by atoms with Crippen molar-refractivity contribution in [1.82, 2.24) is 15.1 Å². The third kappa shape index (κ3) is 3.41. The molecule has 2 aromatic heterocycles. The zero-order valence-electron chi connectivity index (χ0n) is 13.5. The lowest BCUT2D eigenvalue weighted by molar-refractivity contribution is -0.116. The van der Waals surface area contributed by atoms with E-state index in [0.717, 1.165) is 17.0 Å². The Hall–Kier alpha value is -2.44. The highest BCUT2D eigenvalue weighted by atomic mass is 16.5. The first-order chi connectivity index (χ1) is 10.4. The molecule has 0 saturated heterocycles. The molecule has 7 heteroatoms. The number of aromatic nitrogens is 3. The highest BCUT2D eigenvalue weighted by Gasteiger charge is 2.14. The Morgan fingerprint density at radius 3 is 2.27 bits per heavy atom. The van der Waals surface area contributed by atoms with Crippen LogP contribution in [-0.4, -0.2) is 28.1 Å². The number of aryl methyl sites for hydroxylation is 4. The molecule has 0 aromatic carbocycles. The first-order valence-corrected chi connectivity index (χ1v) is 7.03. The van der Waals surface area contributed by atoms with Crippen molar-refractivity contribution in [3.63, 3.8) is 0 Å². The average molecular weight is 304 g/mol. The number of nitrogens with zero attached hydrogens (tertiary/aromatic N) is 3. The van der Waals surface area contributed by atoms with Gasteiger partial charge in [0.2, 0.25) is 5.91 Å². The molecule has 0 aliphatic heterocycles. The van der Waals surface area contributed by atoms with Gasteiger partial charge in [0.25, 0.3) is 0 Å². The highest BCUT2D eigenvalue weighted by molar-refractivity contribution is 5.91. The number of anilines is 1. The largest absolute Gasteiger partial charge is 0.467 e. The second-order valence-corrected chi connectivity index (χ2v) is 5.11. The topological polar surface area (TPSA) is 90.1 Å². The van der Waals surface area contributed by atoms with Gasteiger partial charge in [-0.1, -0.05) is 5.16 Å². The van der Waals surface area contributed by atoms with Gasteiger partial charge in [0.1, 0.15) is 5.76 Å². The second-order valence-electron chi connectivity index (χ2n) is 5.11. The molecule has 0 atom stereocenters. The van der Waals surface area contributed by atoms with E-state index >= 15 is 0 Å². The third-order valence-electron chi connectivity index (χ3n) is 3.48. The van der Waals surface area contributed by atoms with Gasteiger partial charge in [-0.3, -0.25) is 4.79 Å². The summed E-state index contributed by atoms with van der Waals surface area (Å²) < 4.78 is 10.1. The zero-order valence-corrected chi connectivity index (χ0v) is 13.5. The van der Waals surface area contributed by atoms with Crippen molar-refractivity contribution in [2.24, 2.45) is 0 Å². The Balaban J connectivity index is 2.04. The van der Waals surface area contributed by atoms with Gasteiger partial charge in [0.15, 0.2) is 0 Å². The fourth-order valence-electron chi connectivity index (χ4n) is 2.26. The molecule has 0 fully saturated rings. The van der Waals surface area contributed by atoms with E-state index in [1.54, 1.807) is 13.8 Å². The van der Waals surface area contributed by atoms with Crippen LogP contribution in [0.15, 0.2) is 4.52 Å². The second kappa shape index (κ2) is 6.55. The summed E-state index contributed by atoms with van der Waals surface area (Å²) in [5.41, 5.74) is 3.79. The average Bonchev–Trinajstić information content (AvgIpc) is 2.79. The van der Waals surface area contributed by atoms with Crippen LogP contribution in [0.25, 0.3) is 0 Å². The Bertz CT molecular complexity index is 652. The summed E-state index contributed by atoms with van der Waals surface area (Å²) in [6.45, 7) is 7.33. The molecule has 1 amide bonds. The first-order valence-electron chi connectivity index (χ1n) is 7.03. The Kier molecular flexibility index (Phi) is 4.75. The minimum Gasteiger partial charge on any atom is -0.467 e. The van der Waals surface area contributed by atoms with Crippen LogP contribution in [0.4, 0.5) is 5.69 Å². The quantitative estimate of drug-likeness (QED) is 0.911. The molecule has 2 aromatic rings. The third-order valence-corrected chi connectivity index (χ3v) is 3.48. The molecule has 0 aliphatic rings. The zero-order chi connectivity index (χ0) is 16.3. The number of nitrogens with one attached hydrogen (secondary N) is 1. The van der Waals surface area contributed by atoms with E-state index < -0.39 is 0 Å². The predicted molar refractivity (Wildman–Crippen MR) is 81.0 cm³/mol. The number of ether oxygens (including phenoxy) is 1. The van der Waals surface area contributed by atoms with E-state index in [1.807, 2.05) is 13.8 Å². The van der Waals surface area contributed by atoms with Gasteiger partial charge < -0.3 is 14.6 Å². The SMILES string of the molecule is COc1nc(C)c(NC(=O)CCc2c(C)noc2C)c(C)n1. The molecular formula is C15H20N4O3. The maximum atomic E-state index is 12.1. The normalized spacial score (nSPS) is 10.6. The molecule has 7 nitrogen and oxygen atoms in total. The molecule has 0 spiro atoms. The summed E-state index contributed by atoms with van der Waals surface area (Å²) in [7, 11) is 1.51. The monoisotopic (exact) mass is 304 g/mol. The van der Waals surface area contributed by atoms with Crippen molar-refractivity contribution in [1.29, 1.82) is 0 Å². The smallest absolute Gasteiger partial charge is 0.316 e. The number of carbonyl (C=O) groups is 1. The molecule has 0 aliphatic carbocycles. The number of methoxy groups -OCH3 is 1. The molecule has 0 bridgehead atoms. The van der Waals surface area contributed by atoms with Gasteiger partial charge in [0, 0.05) is 12.0 Å². The molecule has 118 valence electrons. The lowest BCUT2D eigenvalue weighted by Gasteiger charge is -2.11. The summed E-state index contributed by atoms with van der Waals surface area (Å²) >= 11 is 0. The van der Waals surface area contributed by atoms with Crippen LogP contribution in [0.1, 0.15) is 34.8 Å². The molecule has 1 N–H and O–H groups in total. The molecule has 0 unspecified atom stereocenters. The van der Waals surface area contributed by atoms with E-state index in [1.165, 1.54) is 7.11 Å². The lowest BCUT2D eigenvalue weighted by atomic mass is 10.1. The van der Waals surface area contributed by atoms with E-state index in [4.69, 9.17) is 9.26 Å². The fraction of sp³-hybridized carbons (Fsp3) is 0.467. The van der Waals surface area contributed by atoms with Crippen LogP contribution in [-0.2, 0) is 11.2 Å². The molecule has 2 rings (SSSR count). The van der Waals surface area contributed by atoms with E-state index in [9.17, 15) is 4.79 Å². The van der Waals surface area contributed by atoms with E-state index in [2.05, 4.69) is 20.4 Å². The molecule has 0 radical (unpaired) electrons. The van der Waals surface area contributed by atoms with Crippen LogP contribution in [0.2, 0.25) is 0 Å². The van der Waals surface area contributed by atoms with Crippen LogP contribution >= 0.6 is 0 Å². The first kappa shape index (κ1) is 15.9. The number of amides is 1. The fourth-order valence-corrected chi connectivity index (χ4v) is 2.26. The van der Waals surface area contributed by atoms with Crippen LogP contribution in [0, 0.1) is 27.7 Å². The van der Waals surface area contributed by atoms with Gasteiger partial charge in [-0.15, -0.1) is 0 Å². The summed E-state index contributed by atoms with van der Waals surface area (Å²) in [5.74, 6) is 0.658. The van der Waals surface area contributed by atoms with Crippen LogP contribution < -0.4 is 10.1 Å². The van der Waals surface area contributed by atoms with Crippen molar-refractivity contribution in [3.8, 4) is 6.01 Å². The van der Waals surface area contributed by atoms with Crippen molar-refractivity contribution in [3.05, 3.63) is 28.4 Å². The number of hydrogen-bond acceptors (Lipinski definition) is 6. The number of rotatable bonds is 5. The lowest BCUT2D eigenvalue weighted by Crippen LogP contribution is -2.16. The molecule has 0 saturated carbocycles. The van der Waals surface area contributed by atoms with Crippen LogP contribution in [0.3, 0.4) is 0 Å². The highest BCUT2D eigenvalue weighted by Crippen LogP contribution is 2.20. The standard InChI is InChI=1S/C15H20N4O3/c1-8-12(11(4)22-19-8)6-7-13(20)18-14-9(2)16-15(21-5)17-10(14)3/h6-7H2,1-5H3,(H,18,20). The van der Waals surface area contributed by atoms with Crippen molar-refractivity contribution < 1.29 is 14.1 Å². The van der Waals surface area contributed by atoms with Crippen molar-refractivity contribution in [2.75, 3.05) is 12.4 Å². The van der Waals surface area contributed by atoms with E-state index in [0.29, 0.717) is 35.9 Å². The minimum absolute atomic E-state index is 0.0973. The van der Waals surface area contributed by atoms with Crippen molar-refractivity contribution >= 4 is 11.6 Å². The number of carbonyl (C=O) groups excluding carboxylic acids is 1. The van der Waals surface area contributed by atoms with Gasteiger partial charge >= 0.3 is 6.01 Å². The summed E-state index contributed by atoms with van der Waals surface area (Å²) in [4.78, 5) is 20.5. The minimum atomic E-state index is -0.0973. The summed E-state index contributed by atoms with van der Waals surface area (Å²) in [5, 5.41) is 6.75. The van der Waals surface area contributed by atoms with E-state index in [-0.39, 0.29) is 5.91 Å². The number of hydrogen-bond donors (Lipinski definition) is 1. The van der Waals surface area contributed by atoms with Crippen molar-refractivity contribution in [2.45, 2.75) is 40.5 Å². The predicted octanol–water partition coefficient (Wildman–Crippen LogP) is 2.28. The summed E-state index contributed by atoms with van der Waals surface area (Å²) in [6, 6.07) is 0.295. The van der Waals surface area contributed by atoms with Gasteiger partial charge in [-0.25, -0.2) is 0 Å². The molecule has 22 heavy (non-hydrogen) atoms. The maximum Gasteiger partial charge on any atom is 0.316 e. The van der Waals surface area contributed by atoms with Crippen LogP contribution in [0.5, 0.6) is 6.01 Å².